The molecule has 0 aliphatic heterocycles. The first kappa shape index (κ1) is 15.1. The van der Waals surface area contributed by atoms with Crippen LogP contribution in [0.2, 0.25) is 0 Å². The van der Waals surface area contributed by atoms with E-state index >= 15 is 0 Å². The van der Waals surface area contributed by atoms with Crippen LogP contribution in [-0.4, -0.2) is 31.5 Å². The average molecular weight is 271 g/mol. The molecule has 5 nitrogen and oxygen atoms in total. The zero-order valence-corrected chi connectivity index (χ0v) is 11.5. The van der Waals surface area contributed by atoms with Crippen LogP contribution in [0, 0.1) is 0 Å². The predicted molar refractivity (Wildman–Crippen MR) is 72.6 cm³/mol. The van der Waals surface area contributed by atoms with Crippen molar-refractivity contribution < 1.29 is 8.42 Å². The molecule has 0 aliphatic rings. The molecule has 0 saturated heterocycles. The van der Waals surface area contributed by atoms with Gasteiger partial charge in [0.25, 0.3) is 0 Å². The van der Waals surface area contributed by atoms with Crippen LogP contribution in [0.4, 0.5) is 0 Å². The molecule has 0 radical (unpaired) electrons. The summed E-state index contributed by atoms with van der Waals surface area (Å²) in [5, 5.41) is 0. The molecule has 1 heterocycles. The highest BCUT2D eigenvalue weighted by Gasteiger charge is 2.09. The molecule has 0 fully saturated rings. The molecule has 0 spiro atoms. The molecular formula is C12H21N3O2S. The first-order valence-electron chi connectivity index (χ1n) is 6.05. The summed E-state index contributed by atoms with van der Waals surface area (Å²) in [7, 11) is -2.88. The van der Waals surface area contributed by atoms with E-state index < -0.39 is 9.84 Å². The highest BCUT2D eigenvalue weighted by atomic mass is 32.2. The number of aromatic nitrogens is 1. The van der Waals surface area contributed by atoms with Crippen molar-refractivity contribution in [2.75, 3.05) is 12.0 Å². The van der Waals surface area contributed by atoms with E-state index in [9.17, 15) is 8.42 Å². The Bertz CT molecular complexity index is 434. The number of hydrogen-bond donors (Lipinski definition) is 2. The minimum Gasteiger partial charge on any atom is -0.271 e. The zero-order chi connectivity index (χ0) is 13.4. The van der Waals surface area contributed by atoms with Gasteiger partial charge in [-0.25, -0.2) is 8.42 Å². The molecule has 3 N–H and O–H groups in total. The zero-order valence-electron chi connectivity index (χ0n) is 10.7. The lowest BCUT2D eigenvalue weighted by molar-refractivity contribution is 0.457. The number of hydrazine groups is 1. The Balaban J connectivity index is 2.30. The number of nitrogens with one attached hydrogen (secondary N) is 1. The predicted octanol–water partition coefficient (Wildman–Crippen LogP) is 0.671. The van der Waals surface area contributed by atoms with E-state index in [1.807, 2.05) is 18.2 Å². The Morgan fingerprint density at radius 2 is 2.17 bits per heavy atom. The van der Waals surface area contributed by atoms with E-state index in [4.69, 9.17) is 5.84 Å². The van der Waals surface area contributed by atoms with Gasteiger partial charge >= 0.3 is 0 Å². The Morgan fingerprint density at radius 1 is 1.39 bits per heavy atom. The van der Waals surface area contributed by atoms with Crippen LogP contribution >= 0.6 is 0 Å². The van der Waals surface area contributed by atoms with Crippen molar-refractivity contribution in [2.24, 2.45) is 5.84 Å². The molecule has 18 heavy (non-hydrogen) atoms. The number of sulfone groups is 1. The molecule has 0 aromatic carbocycles. The van der Waals surface area contributed by atoms with Gasteiger partial charge in [0.1, 0.15) is 9.84 Å². The quantitative estimate of drug-likeness (QED) is 0.536. The summed E-state index contributed by atoms with van der Waals surface area (Å²) >= 11 is 0. The third-order valence-electron chi connectivity index (χ3n) is 2.78. The fourth-order valence-electron chi connectivity index (χ4n) is 1.77. The molecule has 0 bridgehead atoms. The number of pyridine rings is 1. The van der Waals surface area contributed by atoms with Gasteiger partial charge in [0.15, 0.2) is 0 Å². The minimum absolute atomic E-state index is 0.133. The minimum atomic E-state index is -2.88. The fraction of sp³-hybridized carbons (Fsp3) is 0.583. The summed E-state index contributed by atoms with van der Waals surface area (Å²) in [6, 6.07) is 5.95. The molecule has 1 unspecified atom stereocenters. The van der Waals surface area contributed by atoms with Gasteiger partial charge in [0, 0.05) is 29.9 Å². The van der Waals surface area contributed by atoms with E-state index in [1.54, 1.807) is 6.20 Å². The molecule has 1 atom stereocenters. The summed E-state index contributed by atoms with van der Waals surface area (Å²) < 4.78 is 22.0. The van der Waals surface area contributed by atoms with Crippen LogP contribution < -0.4 is 11.3 Å². The van der Waals surface area contributed by atoms with Gasteiger partial charge in [-0.05, 0) is 37.8 Å². The summed E-state index contributed by atoms with van der Waals surface area (Å²) in [4.78, 5) is 4.24. The molecule has 0 aliphatic carbocycles. The van der Waals surface area contributed by atoms with Gasteiger partial charge in [0.2, 0.25) is 0 Å². The number of rotatable bonds is 8. The van der Waals surface area contributed by atoms with Gasteiger partial charge in [0.05, 0.1) is 0 Å². The normalized spacial score (nSPS) is 13.4. The third-order valence-corrected chi connectivity index (χ3v) is 3.81. The molecule has 0 saturated carbocycles. The Kier molecular flexibility index (Phi) is 6.24. The average Bonchev–Trinajstić information content (AvgIpc) is 2.33. The second kappa shape index (κ2) is 7.45. The van der Waals surface area contributed by atoms with E-state index in [0.717, 1.165) is 25.0 Å². The van der Waals surface area contributed by atoms with E-state index in [2.05, 4.69) is 10.4 Å². The lowest BCUT2D eigenvalue weighted by Gasteiger charge is -2.15. The van der Waals surface area contributed by atoms with E-state index in [-0.39, 0.29) is 11.8 Å². The standard InChI is InChI=1S/C12H21N3O2S/c1-18(16,17)10-4-6-12(15-13)8-7-11-5-2-3-9-14-11/h2-3,5,9,12,15H,4,6-8,10,13H2,1H3. The molecule has 102 valence electrons. The van der Waals surface area contributed by atoms with Gasteiger partial charge in [-0.3, -0.25) is 16.3 Å². The van der Waals surface area contributed by atoms with Crippen molar-refractivity contribution in [3.05, 3.63) is 30.1 Å². The van der Waals surface area contributed by atoms with Crippen molar-refractivity contribution in [1.82, 2.24) is 10.4 Å². The fourth-order valence-corrected chi connectivity index (χ4v) is 2.46. The lowest BCUT2D eigenvalue weighted by atomic mass is 10.1. The van der Waals surface area contributed by atoms with Gasteiger partial charge in [-0.15, -0.1) is 0 Å². The van der Waals surface area contributed by atoms with Crippen LogP contribution in [0.1, 0.15) is 25.0 Å². The number of hydrogen-bond acceptors (Lipinski definition) is 5. The molecular weight excluding hydrogens is 250 g/mol. The number of nitrogens with zero attached hydrogens (tertiary/aromatic N) is 1. The highest BCUT2D eigenvalue weighted by molar-refractivity contribution is 7.90. The second-order valence-corrected chi connectivity index (χ2v) is 6.76. The van der Waals surface area contributed by atoms with Crippen LogP contribution in [0.15, 0.2) is 24.4 Å². The van der Waals surface area contributed by atoms with Gasteiger partial charge < -0.3 is 0 Å². The van der Waals surface area contributed by atoms with Crippen molar-refractivity contribution in [3.63, 3.8) is 0 Å². The second-order valence-electron chi connectivity index (χ2n) is 4.50. The smallest absolute Gasteiger partial charge is 0.147 e. The molecule has 6 heteroatoms. The summed E-state index contributed by atoms with van der Waals surface area (Å²) in [5.41, 5.74) is 3.76. The summed E-state index contributed by atoms with van der Waals surface area (Å²) in [6.07, 6.45) is 6.12. The SMILES string of the molecule is CS(=O)(=O)CCCC(CCc1ccccn1)NN. The number of aryl methyl sites for hydroxylation is 1. The highest BCUT2D eigenvalue weighted by Crippen LogP contribution is 2.07. The number of nitrogens with two attached hydrogens (primary N) is 1. The molecule has 1 rings (SSSR count). The van der Waals surface area contributed by atoms with Crippen molar-refractivity contribution >= 4 is 9.84 Å². The van der Waals surface area contributed by atoms with Gasteiger partial charge in [-0.2, -0.15) is 0 Å². The lowest BCUT2D eigenvalue weighted by Crippen LogP contribution is -2.35. The molecule has 1 aromatic heterocycles. The van der Waals surface area contributed by atoms with E-state index in [0.29, 0.717) is 6.42 Å². The maximum absolute atomic E-state index is 11.0. The Labute approximate surface area is 109 Å². The molecule has 0 amide bonds. The largest absolute Gasteiger partial charge is 0.271 e. The van der Waals surface area contributed by atoms with Crippen LogP contribution in [0.25, 0.3) is 0 Å². The monoisotopic (exact) mass is 271 g/mol. The van der Waals surface area contributed by atoms with Gasteiger partial charge in [-0.1, -0.05) is 6.07 Å². The van der Waals surface area contributed by atoms with Crippen molar-refractivity contribution in [3.8, 4) is 0 Å². The maximum atomic E-state index is 11.0. The van der Waals surface area contributed by atoms with E-state index in [1.165, 1.54) is 6.26 Å². The first-order valence-corrected chi connectivity index (χ1v) is 8.11. The Morgan fingerprint density at radius 3 is 2.72 bits per heavy atom. The van der Waals surface area contributed by atoms with Crippen molar-refractivity contribution in [2.45, 2.75) is 31.7 Å². The van der Waals surface area contributed by atoms with Crippen LogP contribution in [0.5, 0.6) is 0 Å². The Hall–Kier alpha value is -0.980. The summed E-state index contributed by atoms with van der Waals surface area (Å²) in [6.45, 7) is 0. The van der Waals surface area contributed by atoms with Crippen molar-refractivity contribution in [1.29, 1.82) is 0 Å². The van der Waals surface area contributed by atoms with Crippen LogP contribution in [0.3, 0.4) is 0 Å². The third kappa shape index (κ3) is 6.68. The van der Waals surface area contributed by atoms with Crippen LogP contribution in [-0.2, 0) is 16.3 Å². The summed E-state index contributed by atoms with van der Waals surface area (Å²) in [5.74, 6) is 5.68. The molecule has 1 aromatic rings. The first-order chi connectivity index (χ1) is 8.51. The maximum Gasteiger partial charge on any atom is 0.147 e. The topological polar surface area (TPSA) is 85.1 Å².